The van der Waals surface area contributed by atoms with Crippen LogP contribution in [0, 0.1) is 0 Å². The molecule has 4 nitrogen and oxygen atoms in total. The van der Waals surface area contributed by atoms with Crippen molar-refractivity contribution in [2.24, 2.45) is 0 Å². The Bertz CT molecular complexity index is 764. The summed E-state index contributed by atoms with van der Waals surface area (Å²) in [6.45, 7) is 2.15. The molecule has 0 saturated carbocycles. The van der Waals surface area contributed by atoms with Gasteiger partial charge in [0.05, 0.1) is 0 Å². The molecule has 0 bridgehead atoms. The molecule has 1 rings (SSSR count). The average Bonchev–Trinajstić information content (AvgIpc) is 2.74. The summed E-state index contributed by atoms with van der Waals surface area (Å²) in [6, 6.07) is 3.90. The lowest BCUT2D eigenvalue weighted by Crippen LogP contribution is -2.14. The van der Waals surface area contributed by atoms with Gasteiger partial charge in [-0.15, -0.1) is 0 Å². The van der Waals surface area contributed by atoms with Gasteiger partial charge in [0.1, 0.15) is 17.2 Å². The summed E-state index contributed by atoms with van der Waals surface area (Å²) in [5.74, 6) is 0.0195. The number of allylic oxidation sites excluding steroid dienone is 12. The molecule has 0 heterocycles. The van der Waals surface area contributed by atoms with Gasteiger partial charge in [0.15, 0.2) is 6.29 Å². The van der Waals surface area contributed by atoms with Crippen molar-refractivity contribution < 1.29 is 20.1 Å². The zero-order chi connectivity index (χ0) is 23.3. The van der Waals surface area contributed by atoms with Crippen LogP contribution in [-0.4, -0.2) is 21.6 Å². The quantitative estimate of drug-likeness (QED) is 0.187. The van der Waals surface area contributed by atoms with E-state index in [1.165, 1.54) is 18.2 Å². The number of phenolic OH excluding ortho intramolecular Hbond substituents is 2. The molecule has 1 unspecified atom stereocenters. The van der Waals surface area contributed by atoms with Crippen molar-refractivity contribution in [2.45, 2.75) is 64.6 Å². The van der Waals surface area contributed by atoms with Crippen LogP contribution in [0.2, 0.25) is 0 Å². The molecule has 0 amide bonds. The second-order valence-corrected chi connectivity index (χ2v) is 7.25. The number of aromatic hydroxyl groups is 2. The highest BCUT2D eigenvalue weighted by Crippen LogP contribution is 2.26. The molecular formula is C28H38O4. The van der Waals surface area contributed by atoms with Crippen molar-refractivity contribution in [2.75, 3.05) is 0 Å². The van der Waals surface area contributed by atoms with Crippen LogP contribution in [0.25, 0.3) is 0 Å². The van der Waals surface area contributed by atoms with Gasteiger partial charge in [-0.2, -0.15) is 0 Å². The van der Waals surface area contributed by atoms with Crippen LogP contribution < -0.4 is 4.74 Å². The zero-order valence-corrected chi connectivity index (χ0v) is 19.1. The fourth-order valence-corrected chi connectivity index (χ4v) is 2.73. The van der Waals surface area contributed by atoms with Crippen LogP contribution in [0.3, 0.4) is 0 Å². The normalized spacial score (nSPS) is 13.7. The summed E-state index contributed by atoms with van der Waals surface area (Å²) in [6.07, 6.45) is 31.8. The minimum absolute atomic E-state index is 0.107. The van der Waals surface area contributed by atoms with E-state index in [2.05, 4.69) is 73.8 Å². The lowest BCUT2D eigenvalue weighted by Gasteiger charge is -2.13. The third-order valence-corrected chi connectivity index (χ3v) is 4.32. The second kappa shape index (κ2) is 18.8. The maximum absolute atomic E-state index is 9.88. The molecule has 1 atom stereocenters. The smallest absolute Gasteiger partial charge is 0.197 e. The topological polar surface area (TPSA) is 69.9 Å². The molecule has 0 spiro atoms. The van der Waals surface area contributed by atoms with E-state index in [0.717, 1.165) is 38.5 Å². The van der Waals surface area contributed by atoms with Gasteiger partial charge in [0.2, 0.25) is 0 Å². The third kappa shape index (κ3) is 15.8. The van der Waals surface area contributed by atoms with E-state index in [-0.39, 0.29) is 17.2 Å². The molecule has 1 aromatic carbocycles. The Balaban J connectivity index is 2.04. The van der Waals surface area contributed by atoms with E-state index in [0.29, 0.717) is 12.8 Å². The molecule has 0 saturated heterocycles. The fraction of sp³-hybridized carbons (Fsp3) is 0.357. The summed E-state index contributed by atoms with van der Waals surface area (Å²) >= 11 is 0. The molecule has 0 radical (unpaired) electrons. The van der Waals surface area contributed by atoms with Crippen LogP contribution in [-0.2, 0) is 0 Å². The Labute approximate surface area is 193 Å². The molecular weight excluding hydrogens is 400 g/mol. The van der Waals surface area contributed by atoms with Crippen molar-refractivity contribution >= 4 is 0 Å². The van der Waals surface area contributed by atoms with Crippen molar-refractivity contribution in [3.05, 3.63) is 91.1 Å². The fourth-order valence-electron chi connectivity index (χ4n) is 2.73. The highest BCUT2D eigenvalue weighted by Gasteiger charge is 2.06. The first-order chi connectivity index (χ1) is 15.6. The number of aliphatic hydroxyl groups is 1. The van der Waals surface area contributed by atoms with Crippen LogP contribution in [0.15, 0.2) is 91.1 Å². The average molecular weight is 439 g/mol. The minimum atomic E-state index is -0.991. The Hall–Kier alpha value is -2.98. The van der Waals surface area contributed by atoms with Gasteiger partial charge in [-0.1, -0.05) is 79.8 Å². The molecule has 4 heteroatoms. The first-order valence-electron chi connectivity index (χ1n) is 11.4. The molecule has 32 heavy (non-hydrogen) atoms. The first-order valence-corrected chi connectivity index (χ1v) is 11.4. The van der Waals surface area contributed by atoms with Gasteiger partial charge in [0, 0.05) is 24.6 Å². The van der Waals surface area contributed by atoms with Crippen molar-refractivity contribution in [3.8, 4) is 17.2 Å². The summed E-state index contributed by atoms with van der Waals surface area (Å²) in [5, 5.41) is 28.7. The number of rotatable bonds is 16. The second-order valence-electron chi connectivity index (χ2n) is 7.25. The van der Waals surface area contributed by atoms with Crippen LogP contribution >= 0.6 is 0 Å². The lowest BCUT2D eigenvalue weighted by atomic mass is 10.2. The molecule has 1 aromatic rings. The van der Waals surface area contributed by atoms with Gasteiger partial charge in [-0.25, -0.2) is 0 Å². The molecule has 0 aliphatic heterocycles. The number of hydrogen-bond acceptors (Lipinski definition) is 4. The van der Waals surface area contributed by atoms with Crippen LogP contribution in [0.1, 0.15) is 58.3 Å². The lowest BCUT2D eigenvalue weighted by molar-refractivity contribution is -0.0222. The molecule has 174 valence electrons. The van der Waals surface area contributed by atoms with E-state index in [1.807, 2.05) is 6.08 Å². The summed E-state index contributed by atoms with van der Waals surface area (Å²) in [5.41, 5.74) is 0. The van der Waals surface area contributed by atoms with E-state index < -0.39 is 6.29 Å². The molecule has 0 aliphatic carbocycles. The Kier molecular flexibility index (Phi) is 15.9. The van der Waals surface area contributed by atoms with E-state index in [4.69, 9.17) is 4.74 Å². The standard InChI is InChI=1S/C28H38O4/c1-2-3-4-5-6-7-8-9-10-11-12-13-14-15-16-17-18-19-20-21-28(31)32-27-23-25(29)22-26(30)24-27/h3-4,6-7,9-10,12-13,15-16,18-19,22-24,28-31H,2,5,8,11,14,17,20-21H2,1H3/b4-3-,7-6-,10-9-,13-12-,16-15-,19-18-. The highest BCUT2D eigenvalue weighted by atomic mass is 16.6. The highest BCUT2D eigenvalue weighted by molar-refractivity contribution is 5.40. The Morgan fingerprint density at radius 3 is 1.50 bits per heavy atom. The minimum Gasteiger partial charge on any atom is -0.508 e. The predicted molar refractivity (Wildman–Crippen MR) is 134 cm³/mol. The van der Waals surface area contributed by atoms with Gasteiger partial charge in [-0.05, 0) is 44.9 Å². The Morgan fingerprint density at radius 2 is 1.06 bits per heavy atom. The summed E-state index contributed by atoms with van der Waals surface area (Å²) in [4.78, 5) is 0. The number of aliphatic hydroxyl groups excluding tert-OH is 1. The number of ether oxygens (including phenoxy) is 1. The SMILES string of the molecule is CC/C=C\C/C=C\C/C=C\C/C=C\C/C=C\C/C=C\CCC(O)Oc1cc(O)cc(O)c1. The van der Waals surface area contributed by atoms with E-state index in [9.17, 15) is 15.3 Å². The summed E-state index contributed by atoms with van der Waals surface area (Å²) < 4.78 is 5.28. The monoisotopic (exact) mass is 438 g/mol. The molecule has 0 aromatic heterocycles. The van der Waals surface area contributed by atoms with Crippen LogP contribution in [0.4, 0.5) is 0 Å². The van der Waals surface area contributed by atoms with Gasteiger partial charge in [-0.3, -0.25) is 0 Å². The number of hydrogen-bond donors (Lipinski definition) is 3. The third-order valence-electron chi connectivity index (χ3n) is 4.32. The zero-order valence-electron chi connectivity index (χ0n) is 19.1. The first kappa shape index (κ1) is 27.1. The van der Waals surface area contributed by atoms with Gasteiger partial charge in [0.25, 0.3) is 0 Å². The largest absolute Gasteiger partial charge is 0.508 e. The maximum Gasteiger partial charge on any atom is 0.197 e. The Morgan fingerprint density at radius 1 is 0.656 bits per heavy atom. The summed E-state index contributed by atoms with van der Waals surface area (Å²) in [7, 11) is 0. The molecule has 0 fully saturated rings. The van der Waals surface area contributed by atoms with E-state index >= 15 is 0 Å². The predicted octanol–water partition coefficient (Wildman–Crippen LogP) is 7.27. The van der Waals surface area contributed by atoms with Gasteiger partial charge >= 0.3 is 0 Å². The maximum atomic E-state index is 9.88. The van der Waals surface area contributed by atoms with Crippen molar-refractivity contribution in [3.63, 3.8) is 0 Å². The number of phenols is 2. The van der Waals surface area contributed by atoms with E-state index in [1.54, 1.807) is 0 Å². The van der Waals surface area contributed by atoms with Crippen molar-refractivity contribution in [1.29, 1.82) is 0 Å². The molecule has 3 N–H and O–H groups in total. The van der Waals surface area contributed by atoms with Crippen molar-refractivity contribution in [1.82, 2.24) is 0 Å². The number of benzene rings is 1. The molecule has 0 aliphatic rings. The van der Waals surface area contributed by atoms with Crippen LogP contribution in [0.5, 0.6) is 17.2 Å². The van der Waals surface area contributed by atoms with Gasteiger partial charge < -0.3 is 20.1 Å².